The fourth-order valence-electron chi connectivity index (χ4n) is 2.29. The molecule has 0 atom stereocenters. The molecule has 0 saturated carbocycles. The molecular weight excluding hydrogens is 184 g/mol. The van der Waals surface area contributed by atoms with E-state index in [4.69, 9.17) is 0 Å². The fraction of sp³-hybridized carbons (Fsp3) is 0.357. The van der Waals surface area contributed by atoms with Gasteiger partial charge in [0.25, 0.3) is 0 Å². The number of hydrogen-bond acceptors (Lipinski definition) is 1. The Kier molecular flexibility index (Phi) is 2.07. The van der Waals surface area contributed by atoms with Crippen LogP contribution in [0, 0.1) is 27.7 Å². The summed E-state index contributed by atoms with van der Waals surface area (Å²) >= 11 is 0. The molecule has 0 bridgehead atoms. The number of hydrogen-bond donors (Lipinski definition) is 0. The van der Waals surface area contributed by atoms with Crippen molar-refractivity contribution in [3.05, 3.63) is 39.0 Å². The quantitative estimate of drug-likeness (QED) is 0.626. The Hall–Kier alpha value is -1.37. The van der Waals surface area contributed by atoms with E-state index in [1.54, 1.807) is 0 Å². The first-order chi connectivity index (χ1) is 6.95. The molecule has 0 aromatic heterocycles. The Bertz CT molecular complexity index is 505. The number of carbonyl (C=O) groups excluding carboxylic acids is 1. The topological polar surface area (TPSA) is 17.1 Å². The van der Waals surface area contributed by atoms with E-state index < -0.39 is 0 Å². The van der Waals surface area contributed by atoms with Crippen LogP contribution >= 0.6 is 0 Å². The van der Waals surface area contributed by atoms with Crippen LogP contribution in [-0.2, 0) is 0 Å². The molecule has 1 aromatic rings. The van der Waals surface area contributed by atoms with Crippen LogP contribution < -0.4 is 0 Å². The van der Waals surface area contributed by atoms with Gasteiger partial charge in [0, 0.05) is 5.56 Å². The van der Waals surface area contributed by atoms with Gasteiger partial charge in [-0.2, -0.15) is 0 Å². The summed E-state index contributed by atoms with van der Waals surface area (Å²) in [5.74, 6) is 0.203. The SMILES string of the molecule is CC1=Cc2c(C)c(C)c(C)c(C)c2C1=O. The summed E-state index contributed by atoms with van der Waals surface area (Å²) in [6.07, 6.45) is 2.02. The Balaban J connectivity index is 2.88. The van der Waals surface area contributed by atoms with Crippen molar-refractivity contribution < 1.29 is 4.79 Å². The maximum atomic E-state index is 12.0. The van der Waals surface area contributed by atoms with Crippen LogP contribution in [0.5, 0.6) is 0 Å². The second-order valence-corrected chi connectivity index (χ2v) is 4.45. The molecule has 0 aliphatic heterocycles. The normalized spacial score (nSPS) is 14.2. The fourth-order valence-corrected chi connectivity index (χ4v) is 2.29. The predicted octanol–water partition coefficient (Wildman–Crippen LogP) is 3.52. The van der Waals surface area contributed by atoms with Gasteiger partial charge in [0.1, 0.15) is 0 Å². The molecule has 1 heteroatoms. The van der Waals surface area contributed by atoms with Gasteiger partial charge in [0.05, 0.1) is 0 Å². The van der Waals surface area contributed by atoms with Gasteiger partial charge >= 0.3 is 0 Å². The van der Waals surface area contributed by atoms with Crippen molar-refractivity contribution >= 4 is 11.9 Å². The maximum Gasteiger partial charge on any atom is 0.189 e. The van der Waals surface area contributed by atoms with Gasteiger partial charge in [0.15, 0.2) is 5.78 Å². The van der Waals surface area contributed by atoms with Crippen molar-refractivity contribution in [1.82, 2.24) is 0 Å². The number of carbonyl (C=O) groups is 1. The Morgan fingerprint density at radius 2 is 1.33 bits per heavy atom. The zero-order valence-electron chi connectivity index (χ0n) is 9.99. The Morgan fingerprint density at radius 3 is 1.93 bits per heavy atom. The highest BCUT2D eigenvalue weighted by Crippen LogP contribution is 2.34. The molecular formula is C14H16O. The minimum absolute atomic E-state index is 0.203. The monoisotopic (exact) mass is 200 g/mol. The van der Waals surface area contributed by atoms with Gasteiger partial charge in [-0.15, -0.1) is 0 Å². The third-order valence-corrected chi connectivity index (χ3v) is 3.68. The van der Waals surface area contributed by atoms with Crippen molar-refractivity contribution in [1.29, 1.82) is 0 Å². The first kappa shape index (κ1) is 10.2. The first-order valence-corrected chi connectivity index (χ1v) is 5.28. The number of ketones is 1. The van der Waals surface area contributed by atoms with E-state index in [9.17, 15) is 4.79 Å². The number of fused-ring (bicyclic) bond motifs is 1. The van der Waals surface area contributed by atoms with E-state index in [2.05, 4.69) is 20.8 Å². The molecule has 15 heavy (non-hydrogen) atoms. The Labute approximate surface area is 90.8 Å². The van der Waals surface area contributed by atoms with Crippen molar-refractivity contribution in [2.24, 2.45) is 0 Å². The second-order valence-electron chi connectivity index (χ2n) is 4.45. The molecule has 0 radical (unpaired) electrons. The highest BCUT2D eigenvalue weighted by Gasteiger charge is 2.25. The van der Waals surface area contributed by atoms with Crippen molar-refractivity contribution in [3.63, 3.8) is 0 Å². The number of rotatable bonds is 0. The lowest BCUT2D eigenvalue weighted by Gasteiger charge is -2.14. The summed E-state index contributed by atoms with van der Waals surface area (Å²) in [6, 6.07) is 0. The van der Waals surface area contributed by atoms with Crippen LogP contribution in [0.2, 0.25) is 0 Å². The molecule has 1 aromatic carbocycles. The third kappa shape index (κ3) is 1.19. The highest BCUT2D eigenvalue weighted by atomic mass is 16.1. The van der Waals surface area contributed by atoms with Crippen LogP contribution in [-0.4, -0.2) is 5.78 Å². The van der Waals surface area contributed by atoms with Crippen LogP contribution in [0.3, 0.4) is 0 Å². The van der Waals surface area contributed by atoms with Crippen molar-refractivity contribution in [2.45, 2.75) is 34.6 Å². The number of allylic oxidation sites excluding steroid dienone is 1. The van der Waals surface area contributed by atoms with Gasteiger partial charge in [0.2, 0.25) is 0 Å². The molecule has 0 N–H and O–H groups in total. The Morgan fingerprint density at radius 1 is 0.800 bits per heavy atom. The second kappa shape index (κ2) is 3.06. The van der Waals surface area contributed by atoms with E-state index in [1.165, 1.54) is 16.7 Å². The molecule has 0 amide bonds. The standard InChI is InChI=1S/C14H16O/c1-7-6-12-10(4)8(2)9(3)11(5)13(12)14(7)15/h6H,1-5H3. The van der Waals surface area contributed by atoms with E-state index in [0.29, 0.717) is 0 Å². The lowest BCUT2D eigenvalue weighted by Crippen LogP contribution is -2.04. The summed E-state index contributed by atoms with van der Waals surface area (Å²) in [7, 11) is 0. The number of Topliss-reactive ketones (excluding diaryl/α,β-unsaturated/α-hetero) is 1. The predicted molar refractivity (Wildman–Crippen MR) is 63.4 cm³/mol. The molecule has 2 rings (SSSR count). The third-order valence-electron chi connectivity index (χ3n) is 3.68. The zero-order valence-corrected chi connectivity index (χ0v) is 9.99. The van der Waals surface area contributed by atoms with E-state index >= 15 is 0 Å². The molecule has 1 aliphatic rings. The van der Waals surface area contributed by atoms with E-state index in [-0.39, 0.29) is 5.78 Å². The minimum atomic E-state index is 0.203. The summed E-state index contributed by atoms with van der Waals surface area (Å²) in [4.78, 5) is 12.0. The van der Waals surface area contributed by atoms with Crippen molar-refractivity contribution in [3.8, 4) is 0 Å². The van der Waals surface area contributed by atoms with E-state index in [0.717, 1.165) is 22.3 Å². The molecule has 0 spiro atoms. The molecule has 0 fully saturated rings. The average molecular weight is 200 g/mol. The van der Waals surface area contributed by atoms with Gasteiger partial charge in [-0.05, 0) is 74.1 Å². The van der Waals surface area contributed by atoms with Gasteiger partial charge in [-0.3, -0.25) is 4.79 Å². The summed E-state index contributed by atoms with van der Waals surface area (Å²) in [5.41, 5.74) is 7.88. The van der Waals surface area contributed by atoms with Crippen LogP contribution in [0.15, 0.2) is 5.57 Å². The molecule has 1 aliphatic carbocycles. The molecule has 0 unspecified atom stereocenters. The van der Waals surface area contributed by atoms with Gasteiger partial charge < -0.3 is 0 Å². The lowest BCUT2D eigenvalue weighted by molar-refractivity contribution is 0.103. The average Bonchev–Trinajstić information content (AvgIpc) is 2.50. The van der Waals surface area contributed by atoms with E-state index in [1.807, 2.05) is 19.9 Å². The maximum absolute atomic E-state index is 12.0. The highest BCUT2D eigenvalue weighted by molar-refractivity contribution is 6.18. The first-order valence-electron chi connectivity index (χ1n) is 5.28. The molecule has 0 saturated heterocycles. The molecule has 78 valence electrons. The summed E-state index contributed by atoms with van der Waals surface area (Å²) < 4.78 is 0. The minimum Gasteiger partial charge on any atom is -0.289 e. The van der Waals surface area contributed by atoms with Gasteiger partial charge in [-0.25, -0.2) is 0 Å². The van der Waals surface area contributed by atoms with Gasteiger partial charge in [-0.1, -0.05) is 0 Å². The summed E-state index contributed by atoms with van der Waals surface area (Å²) in [5, 5.41) is 0. The van der Waals surface area contributed by atoms with Crippen LogP contribution in [0.1, 0.15) is 45.1 Å². The molecule has 1 nitrogen and oxygen atoms in total. The van der Waals surface area contributed by atoms with Crippen LogP contribution in [0.25, 0.3) is 6.08 Å². The summed E-state index contributed by atoms with van der Waals surface area (Å²) in [6.45, 7) is 10.3. The molecule has 0 heterocycles. The van der Waals surface area contributed by atoms with Crippen LogP contribution in [0.4, 0.5) is 0 Å². The largest absolute Gasteiger partial charge is 0.289 e. The number of benzene rings is 1. The lowest BCUT2D eigenvalue weighted by atomic mass is 9.90. The zero-order chi connectivity index (χ0) is 11.3. The smallest absolute Gasteiger partial charge is 0.189 e. The van der Waals surface area contributed by atoms with Crippen molar-refractivity contribution in [2.75, 3.05) is 0 Å².